The topological polar surface area (TPSA) is 32.3 Å². The third kappa shape index (κ3) is 5.62. The second kappa shape index (κ2) is 8.54. The molecule has 1 aromatic carbocycles. The molecule has 1 amide bonds. The molecule has 0 aliphatic carbocycles. The van der Waals surface area contributed by atoms with Gasteiger partial charge in [0.1, 0.15) is 0 Å². The molecule has 1 aliphatic rings. The van der Waals surface area contributed by atoms with Gasteiger partial charge in [0.15, 0.2) is 0 Å². The van der Waals surface area contributed by atoms with Crippen LogP contribution in [0.25, 0.3) is 0 Å². The van der Waals surface area contributed by atoms with Gasteiger partial charge in [-0.25, -0.2) is 0 Å². The monoisotopic (exact) mass is 322 g/mol. The van der Waals surface area contributed by atoms with Gasteiger partial charge in [0.05, 0.1) is 5.92 Å². The molecule has 1 heterocycles. The normalized spacial score (nSPS) is 19.4. The lowest BCUT2D eigenvalue weighted by Gasteiger charge is -2.32. The van der Waals surface area contributed by atoms with E-state index in [-0.39, 0.29) is 11.8 Å². The van der Waals surface area contributed by atoms with Crippen LogP contribution in [0.5, 0.6) is 0 Å². The zero-order valence-electron chi connectivity index (χ0n) is 13.6. The highest BCUT2D eigenvalue weighted by Gasteiger charge is 2.25. The minimum atomic E-state index is 0.125. The van der Waals surface area contributed by atoms with Gasteiger partial charge < -0.3 is 5.32 Å². The van der Waals surface area contributed by atoms with Gasteiger partial charge in [-0.05, 0) is 49.4 Å². The second-order valence-electron chi connectivity index (χ2n) is 6.68. The average Bonchev–Trinajstić information content (AvgIpc) is 2.47. The van der Waals surface area contributed by atoms with Gasteiger partial charge in [-0.1, -0.05) is 37.6 Å². The van der Waals surface area contributed by atoms with E-state index in [2.05, 4.69) is 30.1 Å². The van der Waals surface area contributed by atoms with E-state index in [4.69, 9.17) is 11.6 Å². The summed E-state index contributed by atoms with van der Waals surface area (Å²) < 4.78 is 0. The van der Waals surface area contributed by atoms with Crippen molar-refractivity contribution in [3.8, 4) is 0 Å². The van der Waals surface area contributed by atoms with E-state index >= 15 is 0 Å². The standard InChI is InChI=1S/C18H27ClN2O/c1-14(2)8-9-20-18(22)16-6-4-10-21(13-16)12-15-5-3-7-17(19)11-15/h3,5,7,11,14,16H,4,6,8-10,12-13H2,1-2H3,(H,20,22). The number of amides is 1. The van der Waals surface area contributed by atoms with Gasteiger partial charge in [-0.3, -0.25) is 9.69 Å². The summed E-state index contributed by atoms with van der Waals surface area (Å²) in [6.45, 7) is 7.93. The van der Waals surface area contributed by atoms with Crippen molar-refractivity contribution in [3.05, 3.63) is 34.9 Å². The molecule has 0 bridgehead atoms. The number of nitrogens with zero attached hydrogens (tertiary/aromatic N) is 1. The Labute approximate surface area is 139 Å². The molecule has 1 fully saturated rings. The minimum Gasteiger partial charge on any atom is -0.356 e. The predicted molar refractivity (Wildman–Crippen MR) is 91.9 cm³/mol. The van der Waals surface area contributed by atoms with Crippen molar-refractivity contribution in [2.75, 3.05) is 19.6 Å². The third-order valence-corrected chi connectivity index (χ3v) is 4.43. The summed E-state index contributed by atoms with van der Waals surface area (Å²) in [6, 6.07) is 7.98. The number of rotatable bonds is 6. The molecule has 1 N–H and O–H groups in total. The van der Waals surface area contributed by atoms with Crippen molar-refractivity contribution in [2.24, 2.45) is 11.8 Å². The van der Waals surface area contributed by atoms with Crippen molar-refractivity contribution in [2.45, 2.75) is 39.7 Å². The maximum Gasteiger partial charge on any atom is 0.224 e. The minimum absolute atomic E-state index is 0.125. The number of nitrogens with one attached hydrogen (secondary N) is 1. The molecule has 1 saturated heterocycles. The quantitative estimate of drug-likeness (QED) is 0.865. The molecule has 3 nitrogen and oxygen atoms in total. The molecule has 1 unspecified atom stereocenters. The van der Waals surface area contributed by atoms with Crippen LogP contribution in [0.3, 0.4) is 0 Å². The van der Waals surface area contributed by atoms with E-state index in [0.29, 0.717) is 5.92 Å². The van der Waals surface area contributed by atoms with Crippen LogP contribution in [0.4, 0.5) is 0 Å². The van der Waals surface area contributed by atoms with E-state index in [1.54, 1.807) is 0 Å². The summed E-state index contributed by atoms with van der Waals surface area (Å²) in [6.07, 6.45) is 3.13. The first-order valence-electron chi connectivity index (χ1n) is 8.29. The number of hydrogen-bond acceptors (Lipinski definition) is 2. The van der Waals surface area contributed by atoms with Gasteiger partial charge in [0.2, 0.25) is 5.91 Å². The number of likely N-dealkylation sites (tertiary alicyclic amines) is 1. The lowest BCUT2D eigenvalue weighted by atomic mass is 9.96. The Morgan fingerprint density at radius 2 is 2.27 bits per heavy atom. The van der Waals surface area contributed by atoms with Crippen molar-refractivity contribution in [1.29, 1.82) is 0 Å². The van der Waals surface area contributed by atoms with E-state index in [0.717, 1.165) is 50.5 Å². The molecule has 0 spiro atoms. The third-order valence-electron chi connectivity index (χ3n) is 4.19. The van der Waals surface area contributed by atoms with Crippen LogP contribution in [0.2, 0.25) is 5.02 Å². The van der Waals surface area contributed by atoms with E-state index in [9.17, 15) is 4.79 Å². The van der Waals surface area contributed by atoms with Crippen molar-refractivity contribution in [1.82, 2.24) is 10.2 Å². The van der Waals surface area contributed by atoms with Crippen LogP contribution >= 0.6 is 11.6 Å². The summed E-state index contributed by atoms with van der Waals surface area (Å²) in [5.74, 6) is 0.975. The Kier molecular flexibility index (Phi) is 6.71. The first kappa shape index (κ1) is 17.3. The fraction of sp³-hybridized carbons (Fsp3) is 0.611. The molecule has 22 heavy (non-hydrogen) atoms. The van der Waals surface area contributed by atoms with Crippen LogP contribution in [-0.4, -0.2) is 30.4 Å². The maximum absolute atomic E-state index is 12.3. The molecule has 1 atom stereocenters. The van der Waals surface area contributed by atoms with Crippen LogP contribution in [0, 0.1) is 11.8 Å². The zero-order valence-corrected chi connectivity index (χ0v) is 14.4. The van der Waals surface area contributed by atoms with Crippen LogP contribution in [0.1, 0.15) is 38.7 Å². The van der Waals surface area contributed by atoms with Gasteiger partial charge in [0, 0.05) is 24.7 Å². The number of benzene rings is 1. The summed E-state index contributed by atoms with van der Waals surface area (Å²) in [4.78, 5) is 14.6. The highest BCUT2D eigenvalue weighted by Crippen LogP contribution is 2.20. The average molecular weight is 323 g/mol. The number of halogens is 1. The summed E-state index contributed by atoms with van der Waals surface area (Å²) in [7, 11) is 0. The van der Waals surface area contributed by atoms with E-state index < -0.39 is 0 Å². The van der Waals surface area contributed by atoms with E-state index in [1.807, 2.05) is 18.2 Å². The van der Waals surface area contributed by atoms with Gasteiger partial charge in [-0.2, -0.15) is 0 Å². The second-order valence-corrected chi connectivity index (χ2v) is 7.11. The molecule has 2 rings (SSSR count). The fourth-order valence-electron chi connectivity index (χ4n) is 2.94. The molecule has 0 radical (unpaired) electrons. The number of hydrogen-bond donors (Lipinski definition) is 1. The number of carbonyl (C=O) groups is 1. The summed E-state index contributed by atoms with van der Waals surface area (Å²) in [5.41, 5.74) is 1.22. The van der Waals surface area contributed by atoms with Gasteiger partial charge >= 0.3 is 0 Å². The highest BCUT2D eigenvalue weighted by molar-refractivity contribution is 6.30. The maximum atomic E-state index is 12.3. The first-order chi connectivity index (χ1) is 10.5. The molecular formula is C18H27ClN2O. The summed E-state index contributed by atoms with van der Waals surface area (Å²) in [5, 5.41) is 3.87. The van der Waals surface area contributed by atoms with E-state index in [1.165, 1.54) is 5.56 Å². The lowest BCUT2D eigenvalue weighted by Crippen LogP contribution is -2.43. The molecule has 4 heteroatoms. The van der Waals surface area contributed by atoms with Crippen LogP contribution in [-0.2, 0) is 11.3 Å². The van der Waals surface area contributed by atoms with Gasteiger partial charge in [0.25, 0.3) is 0 Å². The van der Waals surface area contributed by atoms with Crippen molar-refractivity contribution < 1.29 is 4.79 Å². The number of piperidine rings is 1. The lowest BCUT2D eigenvalue weighted by molar-refractivity contribution is -0.126. The molecule has 0 aromatic heterocycles. The molecular weight excluding hydrogens is 296 g/mol. The number of carbonyl (C=O) groups excluding carboxylic acids is 1. The van der Waals surface area contributed by atoms with Crippen molar-refractivity contribution >= 4 is 17.5 Å². The first-order valence-corrected chi connectivity index (χ1v) is 8.67. The predicted octanol–water partition coefficient (Wildman–Crippen LogP) is 3.71. The zero-order chi connectivity index (χ0) is 15.9. The van der Waals surface area contributed by atoms with Crippen LogP contribution < -0.4 is 5.32 Å². The summed E-state index contributed by atoms with van der Waals surface area (Å²) >= 11 is 6.04. The smallest absolute Gasteiger partial charge is 0.224 e. The van der Waals surface area contributed by atoms with Gasteiger partial charge in [-0.15, -0.1) is 0 Å². The Bertz CT molecular complexity index is 490. The Hall–Kier alpha value is -1.06. The highest BCUT2D eigenvalue weighted by atomic mass is 35.5. The SMILES string of the molecule is CC(C)CCNC(=O)C1CCCN(Cc2cccc(Cl)c2)C1. The fourth-order valence-corrected chi connectivity index (χ4v) is 3.15. The Balaban J connectivity index is 1.82. The molecule has 122 valence electrons. The van der Waals surface area contributed by atoms with Crippen molar-refractivity contribution in [3.63, 3.8) is 0 Å². The molecule has 1 aliphatic heterocycles. The molecule has 1 aromatic rings. The Morgan fingerprint density at radius 1 is 1.45 bits per heavy atom. The van der Waals surface area contributed by atoms with Crippen LogP contribution in [0.15, 0.2) is 24.3 Å². The molecule has 0 saturated carbocycles. The largest absolute Gasteiger partial charge is 0.356 e. The Morgan fingerprint density at radius 3 is 3.00 bits per heavy atom.